The molecule has 1 atom stereocenters. The molecule has 6 nitrogen and oxygen atoms in total. The van der Waals surface area contributed by atoms with Crippen molar-refractivity contribution in [2.45, 2.75) is 35.1 Å². The molecule has 0 saturated heterocycles. The van der Waals surface area contributed by atoms with E-state index in [1.54, 1.807) is 12.1 Å². The van der Waals surface area contributed by atoms with E-state index >= 15 is 0 Å². The van der Waals surface area contributed by atoms with Crippen molar-refractivity contribution in [3.05, 3.63) is 48.0 Å². The van der Waals surface area contributed by atoms with Gasteiger partial charge in [0.1, 0.15) is 0 Å². The van der Waals surface area contributed by atoms with Crippen LogP contribution in [0.25, 0.3) is 0 Å². The molecule has 0 saturated carbocycles. The van der Waals surface area contributed by atoms with Crippen molar-refractivity contribution in [3.8, 4) is 17.2 Å². The summed E-state index contributed by atoms with van der Waals surface area (Å²) in [5.41, 5.74) is 0.940. The van der Waals surface area contributed by atoms with E-state index in [9.17, 15) is 8.42 Å². The predicted molar refractivity (Wildman–Crippen MR) is 111 cm³/mol. The summed E-state index contributed by atoms with van der Waals surface area (Å²) in [7, 11) is -2.38. The Morgan fingerprint density at radius 2 is 1.75 bits per heavy atom. The molecule has 0 fully saturated rings. The van der Waals surface area contributed by atoms with Crippen LogP contribution in [0.5, 0.6) is 17.2 Å². The van der Waals surface area contributed by atoms with Crippen LogP contribution in [0.3, 0.4) is 0 Å². The number of nitrogens with two attached hydrogens (primary N) is 1. The number of ether oxygens (including phenoxy) is 3. The van der Waals surface area contributed by atoms with Gasteiger partial charge in [0.2, 0.25) is 0 Å². The van der Waals surface area contributed by atoms with Crippen molar-refractivity contribution in [2.24, 2.45) is 5.14 Å². The number of benzene rings is 2. The van der Waals surface area contributed by atoms with Gasteiger partial charge >= 0.3 is 174 Å². The minimum absolute atomic E-state index is 0.0341. The van der Waals surface area contributed by atoms with Crippen molar-refractivity contribution in [3.63, 3.8) is 0 Å². The summed E-state index contributed by atoms with van der Waals surface area (Å²) < 4.78 is 40.5. The molecule has 0 aliphatic heterocycles. The molecule has 8 heteroatoms. The number of rotatable bonds is 11. The van der Waals surface area contributed by atoms with E-state index in [-0.39, 0.29) is 26.4 Å². The van der Waals surface area contributed by atoms with Crippen molar-refractivity contribution >= 4 is 25.8 Å². The first kappa shape index (κ1) is 22.6. The topological polar surface area (TPSA) is 87.8 Å². The standard InChI is InChI=1S/C20H27AsNO5S/c1-4-26-17-7-5-6-8-18(17)27-12-11-21-15(2)13-16-9-10-19(25-3)20(14-16)28(22,23)24/h5-10,14-15H,4,11-13H2,1-3H3,(H2,22,23,24). The van der Waals surface area contributed by atoms with Gasteiger partial charge in [-0.2, -0.15) is 0 Å². The van der Waals surface area contributed by atoms with Gasteiger partial charge in [-0.1, -0.05) is 0 Å². The zero-order valence-electron chi connectivity index (χ0n) is 16.4. The normalized spacial score (nSPS) is 12.9. The predicted octanol–water partition coefficient (Wildman–Crippen LogP) is 3.29. The number of methoxy groups -OCH3 is 1. The van der Waals surface area contributed by atoms with Crippen LogP contribution < -0.4 is 19.3 Å². The number of sulfonamides is 1. The molecule has 0 bridgehead atoms. The van der Waals surface area contributed by atoms with Crippen molar-refractivity contribution in [1.82, 2.24) is 0 Å². The molecule has 153 valence electrons. The average molecular weight is 468 g/mol. The van der Waals surface area contributed by atoms with E-state index in [0.29, 0.717) is 17.9 Å². The van der Waals surface area contributed by atoms with Crippen LogP contribution in [0.4, 0.5) is 0 Å². The van der Waals surface area contributed by atoms with Crippen LogP contribution in [0.2, 0.25) is 9.91 Å². The Kier molecular flexibility index (Phi) is 8.67. The molecule has 0 heterocycles. The van der Waals surface area contributed by atoms with E-state index < -0.39 is 10.0 Å². The fourth-order valence-electron chi connectivity index (χ4n) is 2.75. The Morgan fingerprint density at radius 3 is 2.36 bits per heavy atom. The maximum absolute atomic E-state index is 11.7. The van der Waals surface area contributed by atoms with E-state index in [1.807, 2.05) is 37.3 Å². The van der Waals surface area contributed by atoms with Crippen LogP contribution in [-0.2, 0) is 16.4 Å². The summed E-state index contributed by atoms with van der Waals surface area (Å²) in [6, 6.07) is 12.8. The van der Waals surface area contributed by atoms with Crippen molar-refractivity contribution in [2.75, 3.05) is 20.3 Å². The molecule has 0 aliphatic carbocycles. The molecule has 0 aliphatic rings. The van der Waals surface area contributed by atoms with Gasteiger partial charge in [-0.3, -0.25) is 0 Å². The molecule has 0 spiro atoms. The first-order valence-electron chi connectivity index (χ1n) is 9.06. The Morgan fingerprint density at radius 1 is 1.07 bits per heavy atom. The number of primary sulfonamides is 1. The molecule has 1 radical (unpaired) electrons. The Balaban J connectivity index is 1.87. The van der Waals surface area contributed by atoms with Gasteiger partial charge in [-0.25, -0.2) is 0 Å². The van der Waals surface area contributed by atoms with Crippen LogP contribution >= 0.6 is 0 Å². The maximum atomic E-state index is 11.7. The molecule has 2 aromatic carbocycles. The summed E-state index contributed by atoms with van der Waals surface area (Å²) in [6.07, 6.45) is 0.794. The first-order chi connectivity index (χ1) is 13.3. The van der Waals surface area contributed by atoms with Crippen LogP contribution in [-0.4, -0.2) is 44.5 Å². The summed E-state index contributed by atoms with van der Waals surface area (Å²) in [4.78, 5) is 0.0341. The molecule has 0 aromatic heterocycles. The second-order valence-electron chi connectivity index (χ2n) is 6.22. The number of hydrogen-bond acceptors (Lipinski definition) is 5. The van der Waals surface area contributed by atoms with E-state index in [0.717, 1.165) is 28.7 Å². The van der Waals surface area contributed by atoms with Gasteiger partial charge in [0, 0.05) is 0 Å². The Labute approximate surface area is 174 Å². The zero-order chi connectivity index (χ0) is 20.6. The summed E-state index contributed by atoms with van der Waals surface area (Å²) in [5.74, 6) is 1.81. The fraction of sp³-hybridized carbons (Fsp3) is 0.400. The van der Waals surface area contributed by atoms with Gasteiger partial charge < -0.3 is 0 Å². The minimum atomic E-state index is -3.81. The zero-order valence-corrected chi connectivity index (χ0v) is 19.1. The van der Waals surface area contributed by atoms with Gasteiger partial charge in [0.15, 0.2) is 0 Å². The number of hydrogen-bond donors (Lipinski definition) is 1. The van der Waals surface area contributed by atoms with Gasteiger partial charge in [-0.15, -0.1) is 0 Å². The third-order valence-corrected chi connectivity index (χ3v) is 7.55. The average Bonchev–Trinajstić information content (AvgIpc) is 2.66. The number of para-hydroxylation sites is 2. The van der Waals surface area contributed by atoms with E-state index in [2.05, 4.69) is 6.92 Å². The van der Waals surface area contributed by atoms with Crippen LogP contribution in [0.1, 0.15) is 19.4 Å². The summed E-state index contributed by atoms with van der Waals surface area (Å²) in [5, 5.41) is 6.27. The monoisotopic (exact) mass is 468 g/mol. The molecule has 1 unspecified atom stereocenters. The molecule has 28 heavy (non-hydrogen) atoms. The van der Waals surface area contributed by atoms with Gasteiger partial charge in [-0.05, 0) is 0 Å². The molecule has 2 N–H and O–H groups in total. The third-order valence-electron chi connectivity index (χ3n) is 4.00. The summed E-state index contributed by atoms with van der Waals surface area (Å²) in [6.45, 7) is 5.36. The summed E-state index contributed by atoms with van der Waals surface area (Å²) >= 11 is 0.0482. The second kappa shape index (κ2) is 10.7. The molecule has 0 amide bonds. The molecular formula is C20H27AsNO5S. The molecule has 2 aromatic rings. The third kappa shape index (κ3) is 6.73. The van der Waals surface area contributed by atoms with E-state index in [1.165, 1.54) is 7.11 Å². The van der Waals surface area contributed by atoms with Crippen molar-refractivity contribution in [1.29, 1.82) is 0 Å². The van der Waals surface area contributed by atoms with Gasteiger partial charge in [0.05, 0.1) is 0 Å². The van der Waals surface area contributed by atoms with Crippen LogP contribution in [0.15, 0.2) is 47.4 Å². The molecular weight excluding hydrogens is 441 g/mol. The first-order valence-corrected chi connectivity index (χ1v) is 13.0. The SMILES string of the molecule is CCOc1ccccc1OCC[As]C(C)Cc1ccc(OC)c(S(N)(=O)=O)c1. The quantitative estimate of drug-likeness (QED) is 0.404. The Hall–Kier alpha value is -1.69. The second-order valence-corrected chi connectivity index (χ2v) is 11.3. The Bertz CT molecular complexity index is 873. The van der Waals surface area contributed by atoms with Gasteiger partial charge in [0.25, 0.3) is 0 Å². The van der Waals surface area contributed by atoms with E-state index in [4.69, 9.17) is 19.3 Å². The fourth-order valence-corrected chi connectivity index (χ4v) is 5.55. The van der Waals surface area contributed by atoms with Crippen LogP contribution in [0, 0.1) is 0 Å². The molecule has 2 rings (SSSR count). The van der Waals surface area contributed by atoms with Crippen molar-refractivity contribution < 1.29 is 22.6 Å².